The Labute approximate surface area is 151 Å². The van der Waals surface area contributed by atoms with Gasteiger partial charge in [0.25, 0.3) is 5.91 Å². The minimum atomic E-state index is -0.257. The molecule has 0 unspecified atom stereocenters. The first-order chi connectivity index (χ1) is 12.7. The number of nitrogens with one attached hydrogen (secondary N) is 1. The number of halogens is 1. The Morgan fingerprint density at radius 3 is 2.42 bits per heavy atom. The van der Waals surface area contributed by atoms with Gasteiger partial charge in [-0.25, -0.2) is 9.40 Å². The number of benzene rings is 1. The summed E-state index contributed by atoms with van der Waals surface area (Å²) in [6.07, 6.45) is 7.27. The first-order valence-electron chi connectivity index (χ1n) is 8.30. The number of nitrogens with zero attached hydrogens (tertiary/aromatic N) is 3. The van der Waals surface area contributed by atoms with Crippen LogP contribution in [0.1, 0.15) is 21.5 Å². The molecule has 132 valence electrons. The molecular formula is C20H19FN4O. The normalized spacial score (nSPS) is 10.7. The van der Waals surface area contributed by atoms with Gasteiger partial charge in [-0.15, -0.1) is 0 Å². The van der Waals surface area contributed by atoms with Crippen LogP contribution in [0.5, 0.6) is 0 Å². The number of amides is 1. The van der Waals surface area contributed by atoms with Gasteiger partial charge in [-0.3, -0.25) is 20.2 Å². The molecule has 0 saturated heterocycles. The summed E-state index contributed by atoms with van der Waals surface area (Å²) in [5.41, 5.74) is 5.45. The van der Waals surface area contributed by atoms with Crippen molar-refractivity contribution in [2.75, 3.05) is 6.54 Å². The van der Waals surface area contributed by atoms with Crippen LogP contribution in [0.2, 0.25) is 0 Å². The van der Waals surface area contributed by atoms with Gasteiger partial charge in [0.2, 0.25) is 0 Å². The molecule has 0 aliphatic heterocycles. The molecule has 3 aromatic rings. The van der Waals surface area contributed by atoms with Gasteiger partial charge in [0.1, 0.15) is 5.82 Å². The molecule has 2 aromatic heterocycles. The van der Waals surface area contributed by atoms with Crippen LogP contribution in [0.3, 0.4) is 0 Å². The molecule has 1 aromatic carbocycles. The van der Waals surface area contributed by atoms with E-state index in [9.17, 15) is 9.18 Å². The Balaban J connectivity index is 1.68. The lowest BCUT2D eigenvalue weighted by molar-refractivity contribution is 0.0776. The number of pyridine rings is 2. The summed E-state index contributed by atoms with van der Waals surface area (Å²) in [6, 6.07) is 13.6. The van der Waals surface area contributed by atoms with Crippen molar-refractivity contribution in [2.45, 2.75) is 13.0 Å². The number of hydrogen-bond acceptors (Lipinski definition) is 4. The van der Waals surface area contributed by atoms with E-state index in [4.69, 9.17) is 0 Å². The average molecular weight is 350 g/mol. The minimum Gasteiger partial charge on any atom is -0.284 e. The summed E-state index contributed by atoms with van der Waals surface area (Å²) in [7, 11) is 0. The molecule has 0 spiro atoms. The van der Waals surface area contributed by atoms with Crippen LogP contribution in [0.15, 0.2) is 73.3 Å². The van der Waals surface area contributed by atoms with Crippen molar-refractivity contribution in [2.24, 2.45) is 0 Å². The van der Waals surface area contributed by atoms with Crippen LogP contribution in [0, 0.1) is 5.82 Å². The molecule has 0 aliphatic rings. The Bertz CT molecular complexity index is 825. The molecule has 0 fully saturated rings. The van der Waals surface area contributed by atoms with Crippen molar-refractivity contribution in [3.05, 3.63) is 95.8 Å². The topological polar surface area (TPSA) is 58.1 Å². The SMILES string of the molecule is O=C(NN(CCc1ccc(F)cc1)Cc1ccncc1)c1cccnc1. The predicted octanol–water partition coefficient (Wildman–Crippen LogP) is 3.01. The molecule has 3 rings (SSSR count). The second kappa shape index (κ2) is 8.82. The van der Waals surface area contributed by atoms with E-state index < -0.39 is 0 Å². The molecule has 0 saturated carbocycles. The largest absolute Gasteiger partial charge is 0.284 e. The maximum absolute atomic E-state index is 13.1. The van der Waals surface area contributed by atoms with Crippen molar-refractivity contribution < 1.29 is 9.18 Å². The van der Waals surface area contributed by atoms with Crippen LogP contribution in [0.25, 0.3) is 0 Å². The lowest BCUT2D eigenvalue weighted by Gasteiger charge is -2.23. The quantitative estimate of drug-likeness (QED) is 0.666. The highest BCUT2D eigenvalue weighted by Gasteiger charge is 2.12. The van der Waals surface area contributed by atoms with Crippen LogP contribution < -0.4 is 5.43 Å². The highest BCUT2D eigenvalue weighted by atomic mass is 19.1. The molecule has 6 heteroatoms. The van der Waals surface area contributed by atoms with Crippen LogP contribution in [-0.4, -0.2) is 27.4 Å². The summed E-state index contributed by atoms with van der Waals surface area (Å²) in [5.74, 6) is -0.474. The van der Waals surface area contributed by atoms with Crippen molar-refractivity contribution in [3.8, 4) is 0 Å². The number of hydrogen-bond donors (Lipinski definition) is 1. The van der Waals surface area contributed by atoms with E-state index >= 15 is 0 Å². The van der Waals surface area contributed by atoms with Crippen molar-refractivity contribution in [1.82, 2.24) is 20.4 Å². The Kier molecular flexibility index (Phi) is 6.01. The molecule has 2 heterocycles. The zero-order chi connectivity index (χ0) is 18.2. The van der Waals surface area contributed by atoms with E-state index in [0.29, 0.717) is 25.1 Å². The summed E-state index contributed by atoms with van der Waals surface area (Å²) in [4.78, 5) is 20.4. The molecule has 0 atom stereocenters. The summed E-state index contributed by atoms with van der Waals surface area (Å²) >= 11 is 0. The molecule has 1 amide bonds. The number of carbonyl (C=O) groups is 1. The molecule has 1 N–H and O–H groups in total. The fourth-order valence-electron chi connectivity index (χ4n) is 2.50. The standard InChI is InChI=1S/C20H19FN4O/c21-19-5-3-16(4-6-19)9-13-25(15-17-7-11-22-12-8-17)24-20(26)18-2-1-10-23-14-18/h1-8,10-12,14H,9,13,15H2,(H,24,26). The zero-order valence-corrected chi connectivity index (χ0v) is 14.2. The summed E-state index contributed by atoms with van der Waals surface area (Å²) < 4.78 is 13.1. The van der Waals surface area contributed by atoms with Gasteiger partial charge in [-0.05, 0) is 53.9 Å². The average Bonchev–Trinajstić information content (AvgIpc) is 2.69. The van der Waals surface area contributed by atoms with Crippen LogP contribution in [-0.2, 0) is 13.0 Å². The summed E-state index contributed by atoms with van der Waals surface area (Å²) in [6.45, 7) is 1.12. The Morgan fingerprint density at radius 2 is 1.73 bits per heavy atom. The lowest BCUT2D eigenvalue weighted by atomic mass is 10.1. The third-order valence-electron chi connectivity index (χ3n) is 3.89. The van der Waals surface area contributed by atoms with Gasteiger partial charge in [0.15, 0.2) is 0 Å². The first-order valence-corrected chi connectivity index (χ1v) is 8.30. The smallest absolute Gasteiger partial charge is 0.267 e. The second-order valence-electron chi connectivity index (χ2n) is 5.84. The first kappa shape index (κ1) is 17.7. The number of hydrazine groups is 1. The Hall–Kier alpha value is -3.12. The fraction of sp³-hybridized carbons (Fsp3) is 0.150. The third-order valence-corrected chi connectivity index (χ3v) is 3.89. The minimum absolute atomic E-state index is 0.216. The van der Waals surface area contributed by atoms with Gasteiger partial charge in [-0.2, -0.15) is 0 Å². The number of rotatable bonds is 7. The van der Waals surface area contributed by atoms with Crippen molar-refractivity contribution in [1.29, 1.82) is 0 Å². The van der Waals surface area contributed by atoms with Crippen molar-refractivity contribution >= 4 is 5.91 Å². The predicted molar refractivity (Wildman–Crippen MR) is 96.5 cm³/mol. The zero-order valence-electron chi connectivity index (χ0n) is 14.2. The van der Waals surface area contributed by atoms with Gasteiger partial charge >= 0.3 is 0 Å². The molecular weight excluding hydrogens is 331 g/mol. The van der Waals surface area contributed by atoms with E-state index in [0.717, 1.165) is 11.1 Å². The molecule has 0 bridgehead atoms. The monoisotopic (exact) mass is 350 g/mol. The maximum atomic E-state index is 13.1. The van der Waals surface area contributed by atoms with E-state index in [2.05, 4.69) is 15.4 Å². The van der Waals surface area contributed by atoms with Gasteiger partial charge < -0.3 is 0 Å². The fourth-order valence-corrected chi connectivity index (χ4v) is 2.50. The Morgan fingerprint density at radius 1 is 0.962 bits per heavy atom. The van der Waals surface area contributed by atoms with Crippen LogP contribution in [0.4, 0.5) is 4.39 Å². The van der Waals surface area contributed by atoms with E-state index in [1.165, 1.54) is 18.3 Å². The molecule has 26 heavy (non-hydrogen) atoms. The lowest BCUT2D eigenvalue weighted by Crippen LogP contribution is -2.42. The maximum Gasteiger partial charge on any atom is 0.267 e. The van der Waals surface area contributed by atoms with Gasteiger partial charge in [0, 0.05) is 37.9 Å². The van der Waals surface area contributed by atoms with E-state index in [1.807, 2.05) is 17.1 Å². The molecule has 5 nitrogen and oxygen atoms in total. The van der Waals surface area contributed by atoms with Gasteiger partial charge in [0.05, 0.1) is 5.56 Å². The second-order valence-corrected chi connectivity index (χ2v) is 5.84. The van der Waals surface area contributed by atoms with E-state index in [-0.39, 0.29) is 11.7 Å². The summed E-state index contributed by atoms with van der Waals surface area (Å²) in [5, 5.41) is 1.84. The highest BCUT2D eigenvalue weighted by Crippen LogP contribution is 2.07. The van der Waals surface area contributed by atoms with Crippen molar-refractivity contribution in [3.63, 3.8) is 0 Å². The number of aromatic nitrogens is 2. The molecule has 0 aliphatic carbocycles. The highest BCUT2D eigenvalue weighted by molar-refractivity contribution is 5.93. The third kappa shape index (κ3) is 5.19. The van der Waals surface area contributed by atoms with Crippen LogP contribution >= 0.6 is 0 Å². The number of carbonyl (C=O) groups excluding carboxylic acids is 1. The van der Waals surface area contributed by atoms with E-state index in [1.54, 1.807) is 42.9 Å². The van der Waals surface area contributed by atoms with Gasteiger partial charge in [-0.1, -0.05) is 12.1 Å². The molecule has 0 radical (unpaired) electrons.